The van der Waals surface area contributed by atoms with Gasteiger partial charge in [0.2, 0.25) is 0 Å². The van der Waals surface area contributed by atoms with Gasteiger partial charge in [0.25, 0.3) is 11.8 Å². The van der Waals surface area contributed by atoms with Crippen LogP contribution in [0.25, 0.3) is 11.3 Å². The number of hydrogen-bond acceptors (Lipinski definition) is 4. The molecule has 2 aromatic carbocycles. The Bertz CT molecular complexity index is 1100. The van der Waals surface area contributed by atoms with Crippen molar-refractivity contribution in [1.82, 2.24) is 9.78 Å². The number of aromatic nitrogens is 2. The smallest absolute Gasteiger partial charge is 0.406 e. The van der Waals surface area contributed by atoms with Crippen LogP contribution in [0.4, 0.5) is 19.0 Å². The third-order valence-electron chi connectivity index (χ3n) is 4.63. The van der Waals surface area contributed by atoms with Gasteiger partial charge in [0.05, 0.1) is 16.8 Å². The van der Waals surface area contributed by atoms with Crippen molar-refractivity contribution in [1.29, 1.82) is 0 Å². The van der Waals surface area contributed by atoms with Gasteiger partial charge in [-0.2, -0.15) is 5.10 Å². The third-order valence-corrected chi connectivity index (χ3v) is 4.63. The van der Waals surface area contributed by atoms with Gasteiger partial charge in [-0.15, -0.1) is 13.2 Å². The Morgan fingerprint density at radius 2 is 1.48 bits per heavy atom. The third kappa shape index (κ3) is 3.14. The molecule has 4 rings (SSSR count). The Morgan fingerprint density at radius 1 is 0.931 bits per heavy atom. The number of hydrogen-bond donors (Lipinski definition) is 0. The van der Waals surface area contributed by atoms with Crippen LogP contribution in [-0.2, 0) is 7.05 Å². The van der Waals surface area contributed by atoms with Crippen LogP contribution < -0.4 is 9.64 Å². The van der Waals surface area contributed by atoms with Crippen LogP contribution in [0.1, 0.15) is 26.3 Å². The van der Waals surface area contributed by atoms with Crippen LogP contribution in [0.5, 0.6) is 5.75 Å². The maximum absolute atomic E-state index is 12.7. The summed E-state index contributed by atoms with van der Waals surface area (Å²) < 4.78 is 42.4. The van der Waals surface area contributed by atoms with Crippen molar-refractivity contribution in [2.45, 2.75) is 13.3 Å². The zero-order valence-corrected chi connectivity index (χ0v) is 15.3. The molecule has 0 N–H and O–H groups in total. The number of benzene rings is 2. The number of fused-ring (bicyclic) bond motifs is 1. The van der Waals surface area contributed by atoms with E-state index in [9.17, 15) is 22.8 Å². The summed E-state index contributed by atoms with van der Waals surface area (Å²) in [6, 6.07) is 11.8. The van der Waals surface area contributed by atoms with Crippen molar-refractivity contribution < 1.29 is 27.5 Å². The van der Waals surface area contributed by atoms with E-state index in [-0.39, 0.29) is 11.6 Å². The van der Waals surface area contributed by atoms with Gasteiger partial charge in [0, 0.05) is 18.2 Å². The molecular weight excluding hydrogens is 387 g/mol. The first-order valence-electron chi connectivity index (χ1n) is 8.55. The molecule has 2 amide bonds. The maximum Gasteiger partial charge on any atom is 0.573 e. The summed E-state index contributed by atoms with van der Waals surface area (Å²) >= 11 is 0. The molecule has 0 spiro atoms. The Kier molecular flexibility index (Phi) is 4.18. The molecular formula is C20H14F3N3O3. The number of nitrogens with zero attached hydrogens (tertiary/aromatic N) is 3. The van der Waals surface area contributed by atoms with E-state index in [0.717, 1.165) is 4.90 Å². The number of alkyl halides is 3. The van der Waals surface area contributed by atoms with Gasteiger partial charge < -0.3 is 4.74 Å². The number of halogens is 3. The summed E-state index contributed by atoms with van der Waals surface area (Å²) in [6.45, 7) is 1.70. The van der Waals surface area contributed by atoms with E-state index in [2.05, 4.69) is 9.84 Å². The second-order valence-electron chi connectivity index (χ2n) is 6.48. The maximum atomic E-state index is 12.7. The van der Waals surface area contributed by atoms with Gasteiger partial charge in [0.15, 0.2) is 5.82 Å². The fourth-order valence-electron chi connectivity index (χ4n) is 3.43. The SMILES string of the molecule is Cc1c(N2C(=O)c3ccccc3C2=O)nn(C)c1-c1ccc(OC(F)(F)F)cc1. The molecule has 0 aliphatic carbocycles. The molecule has 0 unspecified atom stereocenters. The quantitative estimate of drug-likeness (QED) is 0.620. The molecule has 1 aliphatic rings. The largest absolute Gasteiger partial charge is 0.573 e. The van der Waals surface area contributed by atoms with Gasteiger partial charge in [-0.05, 0) is 43.3 Å². The van der Waals surface area contributed by atoms with Gasteiger partial charge in [-0.3, -0.25) is 14.3 Å². The van der Waals surface area contributed by atoms with E-state index in [1.807, 2.05) is 0 Å². The lowest BCUT2D eigenvalue weighted by Crippen LogP contribution is -2.30. The predicted molar refractivity (Wildman–Crippen MR) is 97.6 cm³/mol. The molecule has 29 heavy (non-hydrogen) atoms. The lowest BCUT2D eigenvalue weighted by Gasteiger charge is -2.12. The van der Waals surface area contributed by atoms with Gasteiger partial charge in [0.1, 0.15) is 5.75 Å². The summed E-state index contributed by atoms with van der Waals surface area (Å²) in [6.07, 6.45) is -4.78. The number of carbonyl (C=O) groups is 2. The molecule has 3 aromatic rings. The second kappa shape index (κ2) is 6.47. The summed E-state index contributed by atoms with van der Waals surface area (Å²) in [5.41, 5.74) is 2.28. The number of imide groups is 1. The monoisotopic (exact) mass is 401 g/mol. The number of ether oxygens (including phenoxy) is 1. The van der Waals surface area contributed by atoms with Gasteiger partial charge in [-0.1, -0.05) is 12.1 Å². The van der Waals surface area contributed by atoms with Crippen molar-refractivity contribution in [3.05, 3.63) is 65.2 Å². The van der Waals surface area contributed by atoms with Crippen LogP contribution in [0.3, 0.4) is 0 Å². The lowest BCUT2D eigenvalue weighted by atomic mass is 10.1. The molecule has 0 bridgehead atoms. The average Bonchev–Trinajstić information content (AvgIpc) is 3.08. The minimum Gasteiger partial charge on any atom is -0.406 e. The van der Waals surface area contributed by atoms with E-state index in [1.165, 1.54) is 28.9 Å². The highest BCUT2D eigenvalue weighted by Crippen LogP contribution is 2.35. The standard InChI is InChI=1S/C20H14F3N3O3/c1-11-16(12-7-9-13(10-8-12)29-20(21,22)23)25(2)24-17(11)26-18(27)14-5-3-4-6-15(14)19(26)28/h3-10H,1-2H3. The highest BCUT2D eigenvalue weighted by Gasteiger charge is 2.39. The van der Waals surface area contributed by atoms with E-state index in [4.69, 9.17) is 0 Å². The molecule has 0 saturated carbocycles. The first-order valence-corrected chi connectivity index (χ1v) is 8.55. The highest BCUT2D eigenvalue weighted by molar-refractivity contribution is 6.34. The zero-order valence-electron chi connectivity index (χ0n) is 15.3. The summed E-state index contributed by atoms with van der Waals surface area (Å²) in [4.78, 5) is 26.5. The van der Waals surface area contributed by atoms with Crippen LogP contribution in [-0.4, -0.2) is 28.0 Å². The molecule has 0 fully saturated rings. The van der Waals surface area contributed by atoms with Gasteiger partial charge >= 0.3 is 6.36 Å². The van der Waals surface area contributed by atoms with Crippen molar-refractivity contribution in [3.8, 4) is 17.0 Å². The van der Waals surface area contributed by atoms with E-state index < -0.39 is 18.2 Å². The fourth-order valence-corrected chi connectivity index (χ4v) is 3.43. The van der Waals surface area contributed by atoms with E-state index >= 15 is 0 Å². The lowest BCUT2D eigenvalue weighted by molar-refractivity contribution is -0.274. The Hall–Kier alpha value is -3.62. The molecule has 148 valence electrons. The zero-order chi connectivity index (χ0) is 20.9. The number of carbonyl (C=O) groups excluding carboxylic acids is 2. The van der Waals surface area contributed by atoms with Gasteiger partial charge in [-0.25, -0.2) is 4.90 Å². The molecule has 6 nitrogen and oxygen atoms in total. The molecule has 0 saturated heterocycles. The Morgan fingerprint density at radius 3 is 2.00 bits per heavy atom. The number of amides is 2. The first-order chi connectivity index (χ1) is 13.7. The van der Waals surface area contributed by atoms with E-state index in [0.29, 0.717) is 27.9 Å². The van der Waals surface area contributed by atoms with E-state index in [1.54, 1.807) is 38.2 Å². The molecule has 2 heterocycles. The summed E-state index contributed by atoms with van der Waals surface area (Å²) in [5, 5.41) is 4.32. The first kappa shape index (κ1) is 18.7. The summed E-state index contributed by atoms with van der Waals surface area (Å²) in [7, 11) is 1.63. The predicted octanol–water partition coefficient (Wildman–Crippen LogP) is 4.09. The van der Waals surface area contributed by atoms with Crippen LogP contribution >= 0.6 is 0 Å². The van der Waals surface area contributed by atoms with Crippen molar-refractivity contribution in [2.75, 3.05) is 4.90 Å². The van der Waals surface area contributed by atoms with Crippen molar-refractivity contribution >= 4 is 17.6 Å². The van der Waals surface area contributed by atoms with Crippen LogP contribution in [0.15, 0.2) is 48.5 Å². The minimum absolute atomic E-state index is 0.185. The van der Waals surface area contributed by atoms with Crippen LogP contribution in [0.2, 0.25) is 0 Å². The molecule has 0 atom stereocenters. The number of aryl methyl sites for hydroxylation is 1. The Balaban J connectivity index is 1.71. The second-order valence-corrected chi connectivity index (χ2v) is 6.48. The Labute approximate surface area is 163 Å². The molecule has 0 radical (unpaired) electrons. The number of rotatable bonds is 3. The molecule has 1 aromatic heterocycles. The van der Waals surface area contributed by atoms with Crippen molar-refractivity contribution in [2.24, 2.45) is 7.05 Å². The highest BCUT2D eigenvalue weighted by atomic mass is 19.4. The number of anilines is 1. The normalized spacial score (nSPS) is 13.8. The summed E-state index contributed by atoms with van der Waals surface area (Å²) in [5.74, 6) is -1.09. The fraction of sp³-hybridized carbons (Fsp3) is 0.150. The van der Waals surface area contributed by atoms with Crippen molar-refractivity contribution in [3.63, 3.8) is 0 Å². The molecule has 9 heteroatoms. The minimum atomic E-state index is -4.78. The average molecular weight is 401 g/mol. The van der Waals surface area contributed by atoms with Crippen LogP contribution in [0, 0.1) is 6.92 Å². The topological polar surface area (TPSA) is 64.4 Å². The molecule has 1 aliphatic heterocycles.